The van der Waals surface area contributed by atoms with Crippen molar-refractivity contribution in [2.75, 3.05) is 33.2 Å². The van der Waals surface area contributed by atoms with Gasteiger partial charge in [0.05, 0.1) is 6.54 Å². The smallest absolute Gasteiger partial charge is 0.236 e. The lowest BCUT2D eigenvalue weighted by molar-refractivity contribution is -0.128. The highest BCUT2D eigenvalue weighted by Gasteiger charge is 2.26. The minimum atomic E-state index is 0.00276. The average Bonchev–Trinajstić information content (AvgIpc) is 2.65. The molecule has 0 aromatic rings. The van der Waals surface area contributed by atoms with Crippen LogP contribution in [0, 0.1) is 5.92 Å². The van der Waals surface area contributed by atoms with Gasteiger partial charge < -0.3 is 15.5 Å². The number of nitrogens with zero attached hydrogens (tertiary/aromatic N) is 2. The highest BCUT2D eigenvalue weighted by atomic mass is 16.2. The maximum absolute atomic E-state index is 11.3. The third kappa shape index (κ3) is 3.20. The Balaban J connectivity index is 2.36. The molecule has 0 aromatic heterocycles. The molecular weight excluding hydrogens is 194 g/mol. The van der Waals surface area contributed by atoms with Gasteiger partial charge in [0.25, 0.3) is 0 Å². The molecule has 1 aliphatic rings. The summed E-state index contributed by atoms with van der Waals surface area (Å²) < 4.78 is 0. The molecule has 0 unspecified atom stereocenters. The van der Waals surface area contributed by atoms with E-state index in [1.54, 1.807) is 23.8 Å². The summed E-state index contributed by atoms with van der Waals surface area (Å²) in [5.74, 6) is 0.468. The van der Waals surface area contributed by atoms with E-state index >= 15 is 0 Å². The van der Waals surface area contributed by atoms with Crippen molar-refractivity contribution >= 4 is 11.8 Å². The molecule has 0 radical (unpaired) electrons. The quantitative estimate of drug-likeness (QED) is 0.672. The van der Waals surface area contributed by atoms with Crippen LogP contribution in [0.2, 0.25) is 0 Å². The van der Waals surface area contributed by atoms with Gasteiger partial charge in [0, 0.05) is 33.6 Å². The molecule has 0 aromatic carbocycles. The number of carbonyl (C=O) groups is 2. The van der Waals surface area contributed by atoms with Gasteiger partial charge in [-0.05, 0) is 12.3 Å². The first-order chi connectivity index (χ1) is 7.04. The van der Waals surface area contributed by atoms with Crippen LogP contribution >= 0.6 is 0 Å². The van der Waals surface area contributed by atoms with Crippen molar-refractivity contribution in [3.05, 3.63) is 0 Å². The Labute approximate surface area is 90.2 Å². The number of rotatable bonds is 3. The largest absolute Gasteiger partial charge is 0.346 e. The third-order valence-corrected chi connectivity index (χ3v) is 2.88. The van der Waals surface area contributed by atoms with Crippen LogP contribution in [0.4, 0.5) is 0 Å². The molecule has 1 fully saturated rings. The van der Waals surface area contributed by atoms with Gasteiger partial charge in [-0.25, -0.2) is 0 Å². The third-order valence-electron chi connectivity index (χ3n) is 2.88. The SMILES string of the molecule is CC(=O)N(C)C[C@@H]1CCN(C(=O)CN)C1. The molecule has 1 aliphatic heterocycles. The second kappa shape index (κ2) is 5.11. The Morgan fingerprint density at radius 1 is 1.53 bits per heavy atom. The Morgan fingerprint density at radius 3 is 2.73 bits per heavy atom. The van der Waals surface area contributed by atoms with Gasteiger partial charge in [0.1, 0.15) is 0 Å². The fraction of sp³-hybridized carbons (Fsp3) is 0.800. The van der Waals surface area contributed by atoms with E-state index in [1.807, 2.05) is 0 Å². The Kier molecular flexibility index (Phi) is 4.08. The van der Waals surface area contributed by atoms with E-state index in [-0.39, 0.29) is 18.4 Å². The van der Waals surface area contributed by atoms with Crippen molar-refractivity contribution in [3.8, 4) is 0 Å². The molecule has 15 heavy (non-hydrogen) atoms. The molecule has 0 spiro atoms. The maximum atomic E-state index is 11.3. The highest BCUT2D eigenvalue weighted by Crippen LogP contribution is 2.16. The van der Waals surface area contributed by atoms with Gasteiger partial charge >= 0.3 is 0 Å². The first-order valence-electron chi connectivity index (χ1n) is 5.24. The van der Waals surface area contributed by atoms with Crippen molar-refractivity contribution in [1.29, 1.82) is 0 Å². The van der Waals surface area contributed by atoms with Crippen LogP contribution in [0.5, 0.6) is 0 Å². The number of hydrogen-bond donors (Lipinski definition) is 1. The van der Waals surface area contributed by atoms with E-state index in [1.165, 1.54) is 0 Å². The average molecular weight is 213 g/mol. The lowest BCUT2D eigenvalue weighted by Gasteiger charge is -2.20. The molecule has 1 saturated heterocycles. The number of amides is 2. The molecule has 2 N–H and O–H groups in total. The zero-order valence-corrected chi connectivity index (χ0v) is 9.40. The summed E-state index contributed by atoms with van der Waals surface area (Å²) in [7, 11) is 1.79. The van der Waals surface area contributed by atoms with Crippen LogP contribution in [-0.4, -0.2) is 54.8 Å². The molecule has 1 rings (SSSR count). The van der Waals surface area contributed by atoms with Crippen LogP contribution in [0.3, 0.4) is 0 Å². The van der Waals surface area contributed by atoms with Gasteiger partial charge in [-0.3, -0.25) is 9.59 Å². The standard InChI is InChI=1S/C10H19N3O2/c1-8(14)12(2)6-9-3-4-13(7-9)10(15)5-11/h9H,3-7,11H2,1-2H3/t9-/m0/s1. The normalized spacial score (nSPS) is 20.5. The van der Waals surface area contributed by atoms with Crippen LogP contribution in [0.25, 0.3) is 0 Å². The van der Waals surface area contributed by atoms with Gasteiger partial charge in [-0.15, -0.1) is 0 Å². The zero-order valence-electron chi connectivity index (χ0n) is 9.40. The molecule has 5 heteroatoms. The van der Waals surface area contributed by atoms with Crippen molar-refractivity contribution in [1.82, 2.24) is 9.80 Å². The van der Waals surface area contributed by atoms with E-state index in [0.29, 0.717) is 5.92 Å². The van der Waals surface area contributed by atoms with Crippen molar-refractivity contribution in [2.24, 2.45) is 11.7 Å². The highest BCUT2D eigenvalue weighted by molar-refractivity contribution is 5.78. The lowest BCUT2D eigenvalue weighted by Crippen LogP contribution is -2.36. The molecule has 0 bridgehead atoms. The minimum absolute atomic E-state index is 0.00276. The van der Waals surface area contributed by atoms with Crippen molar-refractivity contribution in [2.45, 2.75) is 13.3 Å². The Hall–Kier alpha value is -1.10. The van der Waals surface area contributed by atoms with E-state index in [4.69, 9.17) is 5.73 Å². The molecule has 1 atom stereocenters. The van der Waals surface area contributed by atoms with E-state index < -0.39 is 0 Å². The van der Waals surface area contributed by atoms with Crippen LogP contribution < -0.4 is 5.73 Å². The maximum Gasteiger partial charge on any atom is 0.236 e. The molecule has 0 aliphatic carbocycles. The summed E-state index contributed by atoms with van der Waals surface area (Å²) in [6, 6.07) is 0. The van der Waals surface area contributed by atoms with Crippen LogP contribution in [-0.2, 0) is 9.59 Å². The fourth-order valence-electron chi connectivity index (χ4n) is 1.85. The Morgan fingerprint density at radius 2 is 2.20 bits per heavy atom. The predicted molar refractivity (Wildman–Crippen MR) is 57.1 cm³/mol. The molecule has 1 heterocycles. The van der Waals surface area contributed by atoms with Crippen LogP contribution in [0.15, 0.2) is 0 Å². The first-order valence-corrected chi connectivity index (χ1v) is 5.24. The number of likely N-dealkylation sites (tertiary alicyclic amines) is 1. The van der Waals surface area contributed by atoms with E-state index in [0.717, 1.165) is 26.1 Å². The lowest BCUT2D eigenvalue weighted by atomic mass is 10.1. The second-order valence-corrected chi connectivity index (χ2v) is 4.10. The molecule has 86 valence electrons. The molecule has 0 saturated carbocycles. The van der Waals surface area contributed by atoms with E-state index in [9.17, 15) is 9.59 Å². The van der Waals surface area contributed by atoms with E-state index in [2.05, 4.69) is 0 Å². The summed E-state index contributed by atoms with van der Waals surface area (Å²) in [4.78, 5) is 25.8. The van der Waals surface area contributed by atoms with Crippen molar-refractivity contribution in [3.63, 3.8) is 0 Å². The minimum Gasteiger partial charge on any atom is -0.346 e. The first kappa shape index (κ1) is 12.0. The van der Waals surface area contributed by atoms with Gasteiger partial charge in [0.15, 0.2) is 0 Å². The van der Waals surface area contributed by atoms with Gasteiger partial charge in [-0.1, -0.05) is 0 Å². The fourth-order valence-corrected chi connectivity index (χ4v) is 1.85. The predicted octanol–water partition coefficient (Wildman–Crippen LogP) is -0.728. The van der Waals surface area contributed by atoms with Gasteiger partial charge in [0.2, 0.25) is 11.8 Å². The summed E-state index contributed by atoms with van der Waals surface area (Å²) in [6.45, 7) is 3.86. The topological polar surface area (TPSA) is 66.6 Å². The summed E-state index contributed by atoms with van der Waals surface area (Å²) in [6.07, 6.45) is 0.962. The number of nitrogens with two attached hydrogens (primary N) is 1. The summed E-state index contributed by atoms with van der Waals surface area (Å²) in [5, 5.41) is 0. The molecular formula is C10H19N3O2. The molecule has 2 amide bonds. The number of carbonyl (C=O) groups excluding carboxylic acids is 2. The molecule has 5 nitrogen and oxygen atoms in total. The Bertz CT molecular complexity index is 255. The summed E-state index contributed by atoms with van der Waals surface area (Å²) in [5.41, 5.74) is 5.29. The van der Waals surface area contributed by atoms with Crippen LogP contribution in [0.1, 0.15) is 13.3 Å². The van der Waals surface area contributed by atoms with Gasteiger partial charge in [-0.2, -0.15) is 0 Å². The second-order valence-electron chi connectivity index (χ2n) is 4.10. The zero-order chi connectivity index (χ0) is 11.4. The monoisotopic (exact) mass is 213 g/mol. The number of hydrogen-bond acceptors (Lipinski definition) is 3. The van der Waals surface area contributed by atoms with Crippen molar-refractivity contribution < 1.29 is 9.59 Å². The summed E-state index contributed by atoms with van der Waals surface area (Å²) >= 11 is 0.